The summed E-state index contributed by atoms with van der Waals surface area (Å²) in [6.07, 6.45) is 0.849. The van der Waals surface area contributed by atoms with Crippen LogP contribution in [0.1, 0.15) is 35.5 Å². The molecule has 33 heavy (non-hydrogen) atoms. The van der Waals surface area contributed by atoms with E-state index in [-0.39, 0.29) is 23.9 Å². The molecule has 1 aromatic carbocycles. The minimum absolute atomic E-state index is 0.0631. The van der Waals surface area contributed by atoms with E-state index in [9.17, 15) is 14.3 Å². The maximum Gasteiger partial charge on any atom is 0.350 e. The Kier molecular flexibility index (Phi) is 4.68. The van der Waals surface area contributed by atoms with Crippen molar-refractivity contribution in [3.63, 3.8) is 0 Å². The Morgan fingerprint density at radius 1 is 1.39 bits per heavy atom. The number of nitrogens with one attached hydrogen (secondary N) is 1. The number of carbonyl (C=O) groups is 1. The number of carbonyl (C=O) groups excluding carboxylic acids is 1. The maximum absolute atomic E-state index is 12.9. The average molecular weight is 465 g/mol. The van der Waals surface area contributed by atoms with Crippen LogP contribution in [-0.4, -0.2) is 35.0 Å². The first-order valence-corrected chi connectivity index (χ1v) is 11.0. The maximum atomic E-state index is 12.9. The summed E-state index contributed by atoms with van der Waals surface area (Å²) in [4.78, 5) is 21.5. The summed E-state index contributed by atoms with van der Waals surface area (Å²) >= 11 is -1.87. The van der Waals surface area contributed by atoms with E-state index in [1.807, 2.05) is 19.1 Å². The van der Waals surface area contributed by atoms with Crippen LogP contribution in [0.5, 0.6) is 5.88 Å². The van der Waals surface area contributed by atoms with Gasteiger partial charge >= 0.3 is 6.03 Å². The number of nitrogens with two attached hydrogens (primary N) is 1. The highest BCUT2D eigenvalue weighted by molar-refractivity contribution is 7.85. The lowest BCUT2D eigenvalue weighted by Gasteiger charge is -2.29. The molecule has 3 aromatic rings. The molecule has 12 nitrogen and oxygen atoms in total. The number of nitrogens with zero attached hydrogens (tertiary/aromatic N) is 7. The quantitative estimate of drug-likeness (QED) is 0.507. The molecule has 13 heteroatoms. The number of hydrogen-bond acceptors (Lipinski definition) is 8. The molecule has 2 amide bonds. The highest BCUT2D eigenvalue weighted by atomic mass is 32.2. The molecule has 2 aliphatic rings. The van der Waals surface area contributed by atoms with E-state index in [0.717, 1.165) is 5.56 Å². The number of hydrogen-bond donors (Lipinski definition) is 2. The van der Waals surface area contributed by atoms with Crippen molar-refractivity contribution in [2.75, 3.05) is 10.1 Å². The molecule has 4 heterocycles. The van der Waals surface area contributed by atoms with Crippen molar-refractivity contribution in [3.8, 4) is 23.2 Å². The van der Waals surface area contributed by atoms with E-state index in [1.165, 1.54) is 20.3 Å². The summed E-state index contributed by atoms with van der Waals surface area (Å²) in [7, 11) is 1.62. The van der Waals surface area contributed by atoms with Crippen molar-refractivity contribution in [2.45, 2.75) is 26.5 Å². The number of ether oxygens (including phenoxy) is 1. The van der Waals surface area contributed by atoms with Gasteiger partial charge in [-0.3, -0.25) is 4.68 Å². The number of hydrazine groups is 1. The van der Waals surface area contributed by atoms with Crippen molar-refractivity contribution in [1.82, 2.24) is 29.5 Å². The van der Waals surface area contributed by atoms with Gasteiger partial charge in [0.1, 0.15) is 17.9 Å². The van der Waals surface area contributed by atoms with Crippen molar-refractivity contribution in [1.29, 1.82) is 5.26 Å². The topological polar surface area (TPSA) is 155 Å². The van der Waals surface area contributed by atoms with E-state index in [4.69, 9.17) is 10.5 Å². The lowest BCUT2D eigenvalue weighted by atomic mass is 10.0. The molecule has 1 saturated heterocycles. The van der Waals surface area contributed by atoms with Crippen LogP contribution in [0, 0.1) is 18.3 Å². The van der Waals surface area contributed by atoms with Gasteiger partial charge in [-0.15, -0.1) is 0 Å². The van der Waals surface area contributed by atoms with Gasteiger partial charge in [-0.25, -0.2) is 28.7 Å². The summed E-state index contributed by atoms with van der Waals surface area (Å²) in [5, 5.41) is 15.5. The predicted molar refractivity (Wildman–Crippen MR) is 118 cm³/mol. The number of nitriles is 1. The van der Waals surface area contributed by atoms with Crippen LogP contribution in [0.4, 0.5) is 16.3 Å². The second kappa shape index (κ2) is 7.45. The third-order valence-electron chi connectivity index (χ3n) is 5.45. The molecule has 0 radical (unpaired) electrons. The normalized spacial score (nSPS) is 19.3. The van der Waals surface area contributed by atoms with Crippen LogP contribution < -0.4 is 19.6 Å². The summed E-state index contributed by atoms with van der Waals surface area (Å²) in [6.45, 7) is 3.66. The highest BCUT2D eigenvalue weighted by Crippen LogP contribution is 2.37. The number of urea groups is 1. The zero-order valence-electron chi connectivity index (χ0n) is 17.9. The molecule has 0 spiro atoms. The number of rotatable bonds is 0. The molecule has 2 atom stereocenters. The molecule has 0 aliphatic carbocycles. The standard InChI is InChI=1S/C20H19N9O3S/c1-10-4-5-15-12(6-10)11(2)32-19-18(22)23-8-13(24-19)17-14(25-27(3)16(17)7-21)9-28-20(30)26-33(31)29(15)28/h4-6,8,11H,9H2,1-3H3,(H2,22,23)(H,26,30)/t11-,33?/m1/s1. The number of nitrogen functional groups attached to an aromatic ring is 1. The molecular formula is C20H19N9O3S. The number of amides is 2. The van der Waals surface area contributed by atoms with Crippen LogP contribution in [-0.2, 0) is 24.8 Å². The first-order chi connectivity index (χ1) is 15.8. The van der Waals surface area contributed by atoms with E-state index in [0.29, 0.717) is 28.2 Å². The molecule has 168 valence electrons. The van der Waals surface area contributed by atoms with Crippen molar-refractivity contribution in [3.05, 3.63) is 46.9 Å². The van der Waals surface area contributed by atoms with Gasteiger partial charge in [-0.2, -0.15) is 14.8 Å². The van der Waals surface area contributed by atoms with E-state index in [1.54, 1.807) is 20.0 Å². The molecule has 2 aromatic heterocycles. The Hall–Kier alpha value is -4.18. The second-order valence-corrected chi connectivity index (χ2v) is 8.71. The van der Waals surface area contributed by atoms with Gasteiger partial charge < -0.3 is 10.5 Å². The molecule has 0 saturated carbocycles. The fourth-order valence-electron chi connectivity index (χ4n) is 3.92. The number of anilines is 2. The Morgan fingerprint density at radius 3 is 2.94 bits per heavy atom. The summed E-state index contributed by atoms with van der Waals surface area (Å²) in [5.74, 6) is 0.185. The molecular weight excluding hydrogens is 446 g/mol. The molecule has 1 fully saturated rings. The Balaban J connectivity index is 1.80. The zero-order chi connectivity index (χ0) is 23.4. The summed E-state index contributed by atoms with van der Waals surface area (Å²) in [6, 6.07) is 7.06. The Labute approximate surface area is 191 Å². The summed E-state index contributed by atoms with van der Waals surface area (Å²) in [5.41, 5.74) is 9.49. The van der Waals surface area contributed by atoms with Crippen LogP contribution in [0.2, 0.25) is 0 Å². The molecule has 1 unspecified atom stereocenters. The van der Waals surface area contributed by atoms with Gasteiger partial charge in [0, 0.05) is 12.6 Å². The van der Waals surface area contributed by atoms with Gasteiger partial charge in [-0.05, 0) is 19.9 Å². The third kappa shape index (κ3) is 3.23. The van der Waals surface area contributed by atoms with Crippen LogP contribution >= 0.6 is 0 Å². The fourth-order valence-corrected chi connectivity index (χ4v) is 4.92. The van der Waals surface area contributed by atoms with Gasteiger partial charge in [0.2, 0.25) is 11.2 Å². The molecule has 2 aliphatic heterocycles. The number of aromatic nitrogens is 4. The van der Waals surface area contributed by atoms with Crippen molar-refractivity contribution >= 4 is 28.7 Å². The second-order valence-electron chi connectivity index (χ2n) is 7.66. The smallest absolute Gasteiger partial charge is 0.350 e. The van der Waals surface area contributed by atoms with Gasteiger partial charge in [-0.1, -0.05) is 17.7 Å². The van der Waals surface area contributed by atoms with E-state index in [2.05, 4.69) is 25.9 Å². The van der Waals surface area contributed by atoms with Crippen LogP contribution in [0.15, 0.2) is 24.4 Å². The van der Waals surface area contributed by atoms with Gasteiger partial charge in [0.15, 0.2) is 5.82 Å². The molecule has 5 rings (SSSR count). The van der Waals surface area contributed by atoms with Crippen molar-refractivity contribution in [2.24, 2.45) is 7.05 Å². The Morgan fingerprint density at radius 2 is 2.18 bits per heavy atom. The predicted octanol–water partition coefficient (Wildman–Crippen LogP) is 1.62. The largest absolute Gasteiger partial charge is 0.467 e. The van der Waals surface area contributed by atoms with E-state index < -0.39 is 23.3 Å². The molecule has 3 N–H and O–H groups in total. The average Bonchev–Trinajstić information content (AvgIpc) is 3.23. The van der Waals surface area contributed by atoms with Crippen molar-refractivity contribution < 1.29 is 13.7 Å². The zero-order valence-corrected chi connectivity index (χ0v) is 18.8. The first-order valence-electron chi connectivity index (χ1n) is 9.94. The highest BCUT2D eigenvalue weighted by Gasteiger charge is 2.39. The van der Waals surface area contributed by atoms with Gasteiger partial charge in [0.05, 0.1) is 35.4 Å². The molecule has 2 bridgehead atoms. The minimum atomic E-state index is -1.87. The van der Waals surface area contributed by atoms with Gasteiger partial charge in [0.25, 0.3) is 5.88 Å². The lowest BCUT2D eigenvalue weighted by molar-refractivity contribution is 0.207. The number of fused-ring (bicyclic) bond motifs is 7. The fraction of sp³-hybridized carbons (Fsp3) is 0.250. The summed E-state index contributed by atoms with van der Waals surface area (Å²) < 4.78 is 24.2. The number of aryl methyl sites for hydroxylation is 2. The lowest BCUT2D eigenvalue weighted by Crippen LogP contribution is -2.39. The third-order valence-corrected chi connectivity index (χ3v) is 6.51. The van der Waals surface area contributed by atoms with Crippen LogP contribution in [0.3, 0.4) is 0 Å². The minimum Gasteiger partial charge on any atom is -0.467 e. The first kappa shape index (κ1) is 20.7. The Bertz CT molecular complexity index is 1380. The van der Waals surface area contributed by atoms with E-state index >= 15 is 0 Å². The number of benzene rings is 1. The monoisotopic (exact) mass is 465 g/mol. The SMILES string of the molecule is Cc1ccc2c(c1)[C@@H](C)Oc1nc(cnc1N)-c1c(nn(C)c1C#N)CN1C(=O)NS(=O)N21. The van der Waals surface area contributed by atoms with Crippen LogP contribution in [0.25, 0.3) is 11.3 Å².